The number of benzene rings is 1. The molecule has 1 aromatic heterocycles. The first kappa shape index (κ1) is 16.3. The summed E-state index contributed by atoms with van der Waals surface area (Å²) in [6.07, 6.45) is 0. The van der Waals surface area contributed by atoms with Crippen molar-refractivity contribution in [2.75, 3.05) is 5.32 Å². The molecule has 2 nitrogen and oxygen atoms in total. The highest BCUT2D eigenvalue weighted by molar-refractivity contribution is 7.12. The Morgan fingerprint density at radius 3 is 2.29 bits per heavy atom. The predicted octanol–water partition coefficient (Wildman–Crippen LogP) is 5.89. The van der Waals surface area contributed by atoms with Crippen LogP contribution in [-0.4, -0.2) is 6.61 Å². The Kier molecular flexibility index (Phi) is 5.30. The Hall–Kier alpha value is -1.04. The Bertz CT molecular complexity index is 623. The number of ether oxygens (including phenoxy) is 1. The summed E-state index contributed by atoms with van der Waals surface area (Å²) in [5.74, 6) is -0.207. The van der Waals surface area contributed by atoms with E-state index in [2.05, 4.69) is 16.1 Å². The molecule has 0 saturated heterocycles. The maximum Gasteiger partial charge on any atom is 0.387 e. The second-order valence-corrected chi connectivity index (χ2v) is 6.71. The maximum absolute atomic E-state index is 12.2. The van der Waals surface area contributed by atoms with Gasteiger partial charge in [-0.25, -0.2) is 0 Å². The van der Waals surface area contributed by atoms with Gasteiger partial charge in [0.2, 0.25) is 0 Å². The molecule has 0 bridgehead atoms. The summed E-state index contributed by atoms with van der Waals surface area (Å²) in [5, 5.41) is 3.26. The van der Waals surface area contributed by atoms with Crippen LogP contribution >= 0.6 is 34.5 Å². The molecular formula is C14H13Cl2F2NOS. The molecular weight excluding hydrogens is 339 g/mol. The van der Waals surface area contributed by atoms with E-state index in [1.54, 1.807) is 11.3 Å². The van der Waals surface area contributed by atoms with Crippen LogP contribution in [0.5, 0.6) is 5.75 Å². The lowest BCUT2D eigenvalue weighted by atomic mass is 10.2. The zero-order chi connectivity index (χ0) is 15.6. The van der Waals surface area contributed by atoms with Crippen LogP contribution in [-0.2, 0) is 6.54 Å². The van der Waals surface area contributed by atoms with E-state index in [0.29, 0.717) is 12.2 Å². The van der Waals surface area contributed by atoms with Crippen LogP contribution in [0, 0.1) is 13.8 Å². The molecule has 7 heteroatoms. The van der Waals surface area contributed by atoms with Crippen LogP contribution in [0.2, 0.25) is 10.0 Å². The van der Waals surface area contributed by atoms with E-state index in [9.17, 15) is 8.78 Å². The average molecular weight is 352 g/mol. The molecule has 1 N–H and O–H groups in total. The Labute approximate surface area is 135 Å². The first-order valence-corrected chi connectivity index (χ1v) is 7.67. The molecule has 0 spiro atoms. The quantitative estimate of drug-likeness (QED) is 0.725. The van der Waals surface area contributed by atoms with Crippen LogP contribution in [0.25, 0.3) is 0 Å². The van der Waals surface area contributed by atoms with E-state index in [4.69, 9.17) is 23.2 Å². The van der Waals surface area contributed by atoms with Crippen molar-refractivity contribution in [3.8, 4) is 5.75 Å². The molecule has 0 radical (unpaired) electrons. The summed E-state index contributed by atoms with van der Waals surface area (Å²) in [7, 11) is 0. The van der Waals surface area contributed by atoms with Gasteiger partial charge in [0.15, 0.2) is 5.75 Å². The second-order valence-electron chi connectivity index (χ2n) is 4.44. The zero-order valence-corrected chi connectivity index (χ0v) is 13.7. The number of halogens is 4. The summed E-state index contributed by atoms with van der Waals surface area (Å²) in [5.41, 5.74) is 1.83. The van der Waals surface area contributed by atoms with Crippen molar-refractivity contribution >= 4 is 40.2 Å². The monoisotopic (exact) mass is 351 g/mol. The van der Waals surface area contributed by atoms with Crippen molar-refractivity contribution in [2.24, 2.45) is 0 Å². The molecule has 1 heterocycles. The van der Waals surface area contributed by atoms with Crippen molar-refractivity contribution in [2.45, 2.75) is 27.0 Å². The molecule has 1 aromatic carbocycles. The Morgan fingerprint density at radius 1 is 1.19 bits per heavy atom. The summed E-state index contributed by atoms with van der Waals surface area (Å²) < 4.78 is 28.8. The predicted molar refractivity (Wildman–Crippen MR) is 84.2 cm³/mol. The van der Waals surface area contributed by atoms with Gasteiger partial charge in [-0.2, -0.15) is 8.78 Å². The first-order chi connectivity index (χ1) is 9.86. The molecule has 2 aromatic rings. The topological polar surface area (TPSA) is 21.3 Å². The molecule has 21 heavy (non-hydrogen) atoms. The van der Waals surface area contributed by atoms with Gasteiger partial charge >= 0.3 is 6.61 Å². The van der Waals surface area contributed by atoms with Gasteiger partial charge < -0.3 is 10.1 Å². The van der Waals surface area contributed by atoms with Crippen LogP contribution in [0.15, 0.2) is 18.2 Å². The van der Waals surface area contributed by atoms with Crippen molar-refractivity contribution in [3.05, 3.63) is 43.6 Å². The highest BCUT2D eigenvalue weighted by Gasteiger charge is 2.14. The van der Waals surface area contributed by atoms with Gasteiger partial charge in [-0.05, 0) is 37.6 Å². The number of anilines is 1. The van der Waals surface area contributed by atoms with Crippen LogP contribution in [0.1, 0.15) is 15.3 Å². The Morgan fingerprint density at radius 2 is 1.81 bits per heavy atom. The van der Waals surface area contributed by atoms with E-state index in [1.807, 2.05) is 13.8 Å². The lowest BCUT2D eigenvalue weighted by Gasteiger charge is -2.12. The summed E-state index contributed by atoms with van der Waals surface area (Å²) in [6.45, 7) is 1.74. The minimum absolute atomic E-state index is 0.0449. The fourth-order valence-corrected chi connectivity index (χ4v) is 3.44. The van der Waals surface area contributed by atoms with Gasteiger partial charge in [-0.1, -0.05) is 23.2 Å². The SMILES string of the molecule is Cc1cc(CNc2cc(Cl)c(OC(F)F)c(Cl)c2)c(C)s1. The molecule has 0 amide bonds. The highest BCUT2D eigenvalue weighted by atomic mass is 35.5. The van der Waals surface area contributed by atoms with E-state index in [-0.39, 0.29) is 15.8 Å². The van der Waals surface area contributed by atoms with Crippen molar-refractivity contribution in [1.29, 1.82) is 0 Å². The van der Waals surface area contributed by atoms with E-state index in [0.717, 1.165) is 0 Å². The third kappa shape index (κ3) is 4.22. The molecule has 114 valence electrons. The molecule has 0 aliphatic rings. The standard InChI is InChI=1S/C14H13Cl2F2NOS/c1-7-3-9(8(2)21-7)6-19-10-4-11(15)13(12(16)5-10)20-14(17)18/h3-5,14,19H,6H2,1-2H3. The Balaban J connectivity index is 2.13. The molecule has 0 saturated carbocycles. The van der Waals surface area contributed by atoms with Gasteiger partial charge in [0.25, 0.3) is 0 Å². The maximum atomic E-state index is 12.2. The number of aryl methyl sites for hydroxylation is 2. The largest absolute Gasteiger partial charge is 0.432 e. The normalized spacial score (nSPS) is 11.0. The van der Waals surface area contributed by atoms with Gasteiger partial charge in [0.05, 0.1) is 10.0 Å². The third-order valence-electron chi connectivity index (χ3n) is 2.83. The van der Waals surface area contributed by atoms with Gasteiger partial charge in [0, 0.05) is 22.0 Å². The van der Waals surface area contributed by atoms with Gasteiger partial charge in [0.1, 0.15) is 0 Å². The van der Waals surface area contributed by atoms with Crippen LogP contribution in [0.3, 0.4) is 0 Å². The van der Waals surface area contributed by atoms with E-state index >= 15 is 0 Å². The molecule has 2 rings (SSSR count). The zero-order valence-electron chi connectivity index (χ0n) is 11.3. The molecule has 0 aliphatic carbocycles. The molecule has 0 unspecified atom stereocenters. The fraction of sp³-hybridized carbons (Fsp3) is 0.286. The van der Waals surface area contributed by atoms with Gasteiger partial charge in [-0.3, -0.25) is 0 Å². The summed E-state index contributed by atoms with van der Waals surface area (Å²) in [4.78, 5) is 2.47. The number of hydrogen-bond donors (Lipinski definition) is 1. The molecule has 0 aliphatic heterocycles. The summed E-state index contributed by atoms with van der Waals surface area (Å²) >= 11 is 13.6. The minimum atomic E-state index is -2.96. The van der Waals surface area contributed by atoms with Crippen molar-refractivity contribution < 1.29 is 13.5 Å². The highest BCUT2D eigenvalue weighted by Crippen LogP contribution is 2.37. The van der Waals surface area contributed by atoms with Crippen LogP contribution in [0.4, 0.5) is 14.5 Å². The smallest absolute Gasteiger partial charge is 0.387 e. The fourth-order valence-electron chi connectivity index (χ4n) is 1.92. The average Bonchev–Trinajstić information content (AvgIpc) is 2.69. The van der Waals surface area contributed by atoms with Crippen molar-refractivity contribution in [3.63, 3.8) is 0 Å². The minimum Gasteiger partial charge on any atom is -0.432 e. The lowest BCUT2D eigenvalue weighted by Crippen LogP contribution is -2.04. The number of nitrogens with one attached hydrogen (secondary N) is 1. The van der Waals surface area contributed by atoms with Gasteiger partial charge in [-0.15, -0.1) is 11.3 Å². The lowest BCUT2D eigenvalue weighted by molar-refractivity contribution is -0.0497. The number of alkyl halides is 2. The molecule has 0 atom stereocenters. The van der Waals surface area contributed by atoms with E-state index in [1.165, 1.54) is 27.5 Å². The molecule has 0 fully saturated rings. The number of thiophene rings is 1. The number of hydrogen-bond acceptors (Lipinski definition) is 3. The number of rotatable bonds is 5. The first-order valence-electron chi connectivity index (χ1n) is 6.10. The van der Waals surface area contributed by atoms with Crippen molar-refractivity contribution in [1.82, 2.24) is 0 Å². The van der Waals surface area contributed by atoms with E-state index < -0.39 is 6.61 Å². The third-order valence-corrected chi connectivity index (χ3v) is 4.40. The van der Waals surface area contributed by atoms with Crippen LogP contribution < -0.4 is 10.1 Å². The second kappa shape index (κ2) is 6.81. The summed E-state index contributed by atoms with van der Waals surface area (Å²) in [6, 6.07) is 5.13.